The average molecular weight is 658 g/mol. The van der Waals surface area contributed by atoms with E-state index in [1.165, 1.54) is 6.07 Å². The summed E-state index contributed by atoms with van der Waals surface area (Å²) in [5, 5.41) is 9.65. The molecule has 2 N–H and O–H groups in total. The predicted molar refractivity (Wildman–Crippen MR) is 170 cm³/mol. The number of hydrogen-bond acceptors (Lipinski definition) is 6. The highest BCUT2D eigenvalue weighted by atomic mass is 32.2. The van der Waals surface area contributed by atoms with Crippen molar-refractivity contribution >= 4 is 16.0 Å². The molecule has 7 nitrogen and oxygen atoms in total. The van der Waals surface area contributed by atoms with Crippen LogP contribution in [0, 0.1) is 42.4 Å². The van der Waals surface area contributed by atoms with Crippen LogP contribution < -0.4 is 9.46 Å². The van der Waals surface area contributed by atoms with Crippen LogP contribution in [0.25, 0.3) is 11.3 Å². The molecule has 4 bridgehead atoms. The van der Waals surface area contributed by atoms with Crippen LogP contribution in [0.1, 0.15) is 75.0 Å². The Hall–Kier alpha value is -3.18. The molecular formula is C35H42F3N3O4S. The van der Waals surface area contributed by atoms with Crippen molar-refractivity contribution < 1.29 is 31.4 Å². The first kappa shape index (κ1) is 32.7. The number of nitrogens with zero attached hydrogens (tertiary/aromatic N) is 2. The molecule has 46 heavy (non-hydrogen) atoms. The standard InChI is InChI=1S/C35H42F3N3O4S/c1-21-7-5-8-22(2)30(21)28-14-29-40-32(39-28)41-46(43,44)27-10-6-9-25(13-27)31(23(3)15-33(4)16-24(17-33)19-42)26(20-45-29)18-34(11-12-34)35(36,37)38/h5-10,13-14,23-24,26,31,42H,11-12,15-20H2,1-4H3,(H,39,40,41)/t23-,24?,26+,31?,33?/m0/s1. The van der Waals surface area contributed by atoms with E-state index in [2.05, 4.69) is 28.5 Å². The monoisotopic (exact) mass is 657 g/mol. The normalized spacial score (nSPS) is 27.2. The molecule has 1 aliphatic heterocycles. The number of alkyl halides is 3. The van der Waals surface area contributed by atoms with Crippen molar-refractivity contribution in [2.24, 2.45) is 28.6 Å². The van der Waals surface area contributed by atoms with Crippen LogP contribution in [-0.2, 0) is 10.0 Å². The third kappa shape index (κ3) is 6.37. The predicted octanol–water partition coefficient (Wildman–Crippen LogP) is 7.82. The number of nitrogens with one attached hydrogen (secondary N) is 1. The maximum absolute atomic E-state index is 14.5. The zero-order valence-electron chi connectivity index (χ0n) is 26.7. The van der Waals surface area contributed by atoms with Gasteiger partial charge in [0.05, 0.1) is 22.6 Å². The maximum atomic E-state index is 14.5. The molecule has 3 aliphatic rings. The fourth-order valence-corrected chi connectivity index (χ4v) is 9.30. The SMILES string of the molecule is Cc1cccc(C)c1-c1cc2nc(n1)NS(=O)(=O)c1cccc(c1)C([C@@H](C)CC1(C)CC(CO)C1)[C@H](CC1(C(F)(F)F)CC1)CO2. The van der Waals surface area contributed by atoms with Gasteiger partial charge in [0.1, 0.15) is 0 Å². The number of halogens is 3. The van der Waals surface area contributed by atoms with E-state index in [0.29, 0.717) is 11.3 Å². The molecule has 0 amide bonds. The summed E-state index contributed by atoms with van der Waals surface area (Å²) in [6.07, 6.45) is -1.93. The summed E-state index contributed by atoms with van der Waals surface area (Å²) in [6.45, 7) is 8.17. The maximum Gasteiger partial charge on any atom is 0.394 e. The van der Waals surface area contributed by atoms with Gasteiger partial charge in [-0.1, -0.05) is 44.2 Å². The summed E-state index contributed by atoms with van der Waals surface area (Å²) in [7, 11) is -4.16. The van der Waals surface area contributed by atoms with Gasteiger partial charge < -0.3 is 9.84 Å². The van der Waals surface area contributed by atoms with Crippen LogP contribution in [-0.4, -0.2) is 42.9 Å². The van der Waals surface area contributed by atoms with Crippen molar-refractivity contribution in [3.63, 3.8) is 0 Å². The van der Waals surface area contributed by atoms with Crippen molar-refractivity contribution in [1.29, 1.82) is 0 Å². The van der Waals surface area contributed by atoms with Crippen LogP contribution in [0.2, 0.25) is 0 Å². The van der Waals surface area contributed by atoms with Gasteiger partial charge >= 0.3 is 6.18 Å². The number of hydrogen-bond donors (Lipinski definition) is 2. The highest BCUT2D eigenvalue weighted by Gasteiger charge is 2.64. The molecule has 2 saturated carbocycles. The Morgan fingerprint density at radius 2 is 1.74 bits per heavy atom. The van der Waals surface area contributed by atoms with Crippen LogP contribution in [0.15, 0.2) is 53.4 Å². The zero-order chi connectivity index (χ0) is 33.1. The zero-order valence-corrected chi connectivity index (χ0v) is 27.5. The smallest absolute Gasteiger partial charge is 0.394 e. The van der Waals surface area contributed by atoms with Gasteiger partial charge in [-0.25, -0.2) is 18.1 Å². The van der Waals surface area contributed by atoms with Crippen LogP contribution in [0.5, 0.6) is 5.88 Å². The van der Waals surface area contributed by atoms with Gasteiger partial charge in [0, 0.05) is 24.2 Å². The molecule has 1 unspecified atom stereocenters. The molecule has 248 valence electrons. The summed E-state index contributed by atoms with van der Waals surface area (Å²) in [5.41, 5.74) is 1.93. The van der Waals surface area contributed by atoms with E-state index in [9.17, 15) is 26.7 Å². The third-order valence-electron chi connectivity index (χ3n) is 10.5. The van der Waals surface area contributed by atoms with Gasteiger partial charge in [-0.05, 0) is 104 Å². The number of fused-ring (bicyclic) bond motifs is 4. The Morgan fingerprint density at radius 3 is 2.37 bits per heavy atom. The fourth-order valence-electron chi connectivity index (χ4n) is 8.30. The second kappa shape index (κ2) is 11.8. The number of sulfonamides is 1. The molecule has 1 aromatic heterocycles. The summed E-state index contributed by atoms with van der Waals surface area (Å²) < 4.78 is 79.7. The summed E-state index contributed by atoms with van der Waals surface area (Å²) in [6, 6.07) is 13.9. The number of aliphatic hydroxyl groups is 1. The molecule has 0 saturated heterocycles. The van der Waals surface area contributed by atoms with Gasteiger partial charge in [0.2, 0.25) is 11.8 Å². The van der Waals surface area contributed by atoms with E-state index in [1.807, 2.05) is 38.1 Å². The van der Waals surface area contributed by atoms with Gasteiger partial charge in [-0.2, -0.15) is 18.2 Å². The Bertz CT molecular complexity index is 1700. The van der Waals surface area contributed by atoms with Crippen LogP contribution >= 0.6 is 0 Å². The Morgan fingerprint density at radius 1 is 1.07 bits per heavy atom. The lowest BCUT2D eigenvalue weighted by Gasteiger charge is -2.48. The first-order valence-electron chi connectivity index (χ1n) is 16.0. The molecule has 2 heterocycles. The number of rotatable bonds is 7. The molecule has 0 spiro atoms. The van der Waals surface area contributed by atoms with Crippen molar-refractivity contribution in [3.05, 3.63) is 65.2 Å². The topological polar surface area (TPSA) is 101 Å². The lowest BCUT2D eigenvalue weighted by atomic mass is 9.58. The summed E-state index contributed by atoms with van der Waals surface area (Å²) >= 11 is 0. The van der Waals surface area contributed by atoms with E-state index >= 15 is 0 Å². The van der Waals surface area contributed by atoms with Crippen molar-refractivity contribution in [1.82, 2.24) is 9.97 Å². The Balaban J connectivity index is 1.46. The first-order valence-corrected chi connectivity index (χ1v) is 17.5. The molecular weight excluding hydrogens is 615 g/mol. The highest BCUT2D eigenvalue weighted by molar-refractivity contribution is 7.92. The Labute approximate surface area is 269 Å². The number of aryl methyl sites for hydroxylation is 2. The molecule has 3 aromatic rings. The summed E-state index contributed by atoms with van der Waals surface area (Å²) in [4.78, 5) is 8.92. The van der Waals surface area contributed by atoms with Crippen LogP contribution in [0.4, 0.5) is 19.1 Å². The van der Waals surface area contributed by atoms with Gasteiger partial charge in [-0.15, -0.1) is 0 Å². The van der Waals surface area contributed by atoms with Crippen LogP contribution in [0.3, 0.4) is 0 Å². The lowest BCUT2D eigenvalue weighted by molar-refractivity contribution is -0.193. The minimum Gasteiger partial charge on any atom is -0.477 e. The van der Waals surface area contributed by atoms with E-state index in [1.54, 1.807) is 18.2 Å². The van der Waals surface area contributed by atoms with Gasteiger partial charge in [0.25, 0.3) is 10.0 Å². The number of aliphatic hydroxyl groups excluding tert-OH is 1. The lowest BCUT2D eigenvalue weighted by Crippen LogP contribution is -2.40. The molecule has 3 atom stereocenters. The fraction of sp³-hybridized carbons (Fsp3) is 0.543. The minimum absolute atomic E-state index is 0.00257. The third-order valence-corrected chi connectivity index (χ3v) is 11.9. The molecule has 11 heteroatoms. The number of anilines is 1. The van der Waals surface area contributed by atoms with Crippen molar-refractivity contribution in [2.45, 2.75) is 83.2 Å². The largest absolute Gasteiger partial charge is 0.477 e. The Kier molecular flexibility index (Phi) is 8.41. The molecule has 2 fully saturated rings. The second-order valence-electron chi connectivity index (χ2n) is 14.4. The number of benzene rings is 2. The van der Waals surface area contributed by atoms with Crippen molar-refractivity contribution in [3.8, 4) is 17.1 Å². The summed E-state index contributed by atoms with van der Waals surface area (Å²) in [5.74, 6) is -0.942. The quantitative estimate of drug-likeness (QED) is 0.269. The number of aromatic nitrogens is 2. The van der Waals surface area contributed by atoms with E-state index < -0.39 is 33.5 Å². The second-order valence-corrected chi connectivity index (χ2v) is 16.1. The molecule has 2 aliphatic carbocycles. The molecule has 6 rings (SSSR count). The van der Waals surface area contributed by atoms with Gasteiger partial charge in [0.15, 0.2) is 0 Å². The average Bonchev–Trinajstić information content (AvgIpc) is 3.75. The van der Waals surface area contributed by atoms with Gasteiger partial charge in [-0.3, -0.25) is 0 Å². The van der Waals surface area contributed by atoms with E-state index in [0.717, 1.165) is 36.0 Å². The van der Waals surface area contributed by atoms with Crippen molar-refractivity contribution in [2.75, 3.05) is 17.9 Å². The van der Waals surface area contributed by atoms with E-state index in [4.69, 9.17) is 4.74 Å². The number of ether oxygens (including phenoxy) is 1. The minimum atomic E-state index is -4.36. The highest BCUT2D eigenvalue weighted by Crippen LogP contribution is 2.63. The molecule has 0 radical (unpaired) electrons. The van der Waals surface area contributed by atoms with E-state index in [-0.39, 0.29) is 66.5 Å². The first-order chi connectivity index (χ1) is 21.6. The molecule has 2 aromatic carbocycles.